The minimum absolute atomic E-state index is 0.110. The molecule has 1 atom stereocenters. The van der Waals surface area contributed by atoms with Gasteiger partial charge in [0.05, 0.1) is 10.7 Å². The van der Waals surface area contributed by atoms with Gasteiger partial charge in [0.15, 0.2) is 5.01 Å². The third-order valence-electron chi connectivity index (χ3n) is 6.13. The van der Waals surface area contributed by atoms with Crippen molar-refractivity contribution < 1.29 is 0 Å². The van der Waals surface area contributed by atoms with Crippen LogP contribution in [0.25, 0.3) is 27.8 Å². The predicted octanol–water partition coefficient (Wildman–Crippen LogP) is 9.62. The highest BCUT2D eigenvalue weighted by atomic mass is 79.9. The van der Waals surface area contributed by atoms with E-state index in [2.05, 4.69) is 77.4 Å². The summed E-state index contributed by atoms with van der Waals surface area (Å²) in [5.41, 5.74) is 3.86. The van der Waals surface area contributed by atoms with Crippen LogP contribution in [-0.4, -0.2) is 19.7 Å². The zero-order chi connectivity index (χ0) is 25.3. The number of benzene rings is 2. The fraction of sp³-hybridized carbons (Fsp3) is 0.370. The first-order chi connectivity index (χ1) is 16.6. The summed E-state index contributed by atoms with van der Waals surface area (Å²) in [4.78, 5) is 5.12. The first-order valence-corrected chi connectivity index (χ1v) is 14.2. The summed E-state index contributed by atoms with van der Waals surface area (Å²) in [7, 11) is 0. The van der Waals surface area contributed by atoms with Gasteiger partial charge in [0.2, 0.25) is 0 Å². The molecular formula is C27H29BrCl2N4S. The van der Waals surface area contributed by atoms with Crippen LogP contribution in [0.3, 0.4) is 0 Å². The molecule has 0 bridgehead atoms. The zero-order valence-corrected chi connectivity index (χ0v) is 24.5. The lowest BCUT2D eigenvalue weighted by Gasteiger charge is -2.28. The standard InChI is InChI=1S/C27H29BrCl2N4S/c1-6-8-20(27(3,4)5)25-32-33-26(35-25)23-22(7-2)34(18-12-9-16(28)10-13-18)24(31-23)19-14-11-17(29)15-21(19)30/h9-15,20H,6-8H2,1-5H3. The van der Waals surface area contributed by atoms with E-state index in [0.29, 0.717) is 16.0 Å². The van der Waals surface area contributed by atoms with Crippen LogP contribution in [0, 0.1) is 5.41 Å². The molecule has 4 aromatic rings. The van der Waals surface area contributed by atoms with E-state index in [0.717, 1.165) is 62.2 Å². The lowest BCUT2D eigenvalue weighted by molar-refractivity contribution is 0.301. The number of hydrogen-bond acceptors (Lipinski definition) is 4. The third kappa shape index (κ3) is 5.51. The van der Waals surface area contributed by atoms with E-state index in [-0.39, 0.29) is 5.41 Å². The lowest BCUT2D eigenvalue weighted by Crippen LogP contribution is -2.18. The number of imidazole rings is 1. The van der Waals surface area contributed by atoms with Crippen molar-refractivity contribution in [3.8, 4) is 27.8 Å². The van der Waals surface area contributed by atoms with Gasteiger partial charge in [-0.05, 0) is 60.7 Å². The monoisotopic (exact) mass is 590 g/mol. The second-order valence-electron chi connectivity index (χ2n) is 9.67. The van der Waals surface area contributed by atoms with Crippen molar-refractivity contribution in [2.75, 3.05) is 0 Å². The zero-order valence-electron chi connectivity index (χ0n) is 20.6. The molecule has 0 N–H and O–H groups in total. The summed E-state index contributed by atoms with van der Waals surface area (Å²) in [5.74, 6) is 1.11. The lowest BCUT2D eigenvalue weighted by atomic mass is 9.78. The van der Waals surface area contributed by atoms with Crippen LogP contribution < -0.4 is 0 Å². The summed E-state index contributed by atoms with van der Waals surface area (Å²) in [6, 6.07) is 13.7. The Morgan fingerprint density at radius 2 is 1.74 bits per heavy atom. The van der Waals surface area contributed by atoms with Crippen LogP contribution in [0.15, 0.2) is 46.9 Å². The average molecular weight is 592 g/mol. The molecule has 1 unspecified atom stereocenters. The van der Waals surface area contributed by atoms with Gasteiger partial charge < -0.3 is 0 Å². The Balaban J connectivity index is 1.92. The summed E-state index contributed by atoms with van der Waals surface area (Å²) in [6.07, 6.45) is 2.96. The van der Waals surface area contributed by atoms with Crippen molar-refractivity contribution in [2.24, 2.45) is 5.41 Å². The van der Waals surface area contributed by atoms with Crippen LogP contribution in [-0.2, 0) is 6.42 Å². The number of nitrogens with zero attached hydrogens (tertiary/aromatic N) is 4. The highest BCUT2D eigenvalue weighted by molar-refractivity contribution is 9.10. The van der Waals surface area contributed by atoms with Crippen molar-refractivity contribution in [1.29, 1.82) is 0 Å². The molecule has 8 heteroatoms. The van der Waals surface area contributed by atoms with Crippen LogP contribution in [0.2, 0.25) is 10.0 Å². The first kappa shape index (κ1) is 26.3. The van der Waals surface area contributed by atoms with Crippen LogP contribution in [0.5, 0.6) is 0 Å². The van der Waals surface area contributed by atoms with Crippen molar-refractivity contribution in [3.05, 3.63) is 67.7 Å². The molecule has 0 aliphatic carbocycles. The molecule has 35 heavy (non-hydrogen) atoms. The highest BCUT2D eigenvalue weighted by Gasteiger charge is 2.30. The maximum absolute atomic E-state index is 6.66. The van der Waals surface area contributed by atoms with E-state index < -0.39 is 0 Å². The normalized spacial score (nSPS) is 12.8. The Morgan fingerprint density at radius 1 is 1.03 bits per heavy atom. The molecule has 0 saturated carbocycles. The summed E-state index contributed by atoms with van der Waals surface area (Å²) in [6.45, 7) is 11.2. The largest absolute Gasteiger partial charge is 0.296 e. The van der Waals surface area contributed by atoms with Gasteiger partial charge in [-0.1, -0.05) is 91.5 Å². The second kappa shape index (κ2) is 10.7. The Hall–Kier alpha value is -1.73. The molecule has 2 aromatic carbocycles. The van der Waals surface area contributed by atoms with Gasteiger partial charge in [0.25, 0.3) is 0 Å². The molecule has 184 valence electrons. The quantitative estimate of drug-likeness (QED) is 0.215. The Morgan fingerprint density at radius 3 is 2.34 bits per heavy atom. The Kier molecular flexibility index (Phi) is 8.06. The summed E-state index contributed by atoms with van der Waals surface area (Å²) < 4.78 is 3.19. The van der Waals surface area contributed by atoms with Gasteiger partial charge in [-0.3, -0.25) is 4.57 Å². The fourth-order valence-corrected chi connectivity index (χ4v) is 6.35. The number of halogens is 3. The fourth-order valence-electron chi connectivity index (χ4n) is 4.36. The number of rotatable bonds is 7. The molecule has 2 aromatic heterocycles. The number of aromatic nitrogens is 4. The van der Waals surface area contributed by atoms with Crippen LogP contribution in [0.4, 0.5) is 0 Å². The van der Waals surface area contributed by atoms with E-state index in [4.69, 9.17) is 28.2 Å². The number of hydrogen-bond donors (Lipinski definition) is 0. The van der Waals surface area contributed by atoms with Gasteiger partial charge in [-0.15, -0.1) is 10.2 Å². The molecule has 0 radical (unpaired) electrons. The molecular weight excluding hydrogens is 563 g/mol. The van der Waals surface area contributed by atoms with Gasteiger partial charge >= 0.3 is 0 Å². The van der Waals surface area contributed by atoms with E-state index in [1.165, 1.54) is 0 Å². The maximum atomic E-state index is 6.66. The van der Waals surface area contributed by atoms with Crippen LogP contribution >= 0.6 is 50.5 Å². The third-order valence-corrected chi connectivity index (χ3v) is 8.25. The minimum atomic E-state index is 0.110. The Labute approximate surface area is 229 Å². The van der Waals surface area contributed by atoms with Crippen molar-refractivity contribution in [2.45, 2.75) is 59.8 Å². The van der Waals surface area contributed by atoms with Crippen molar-refractivity contribution >= 4 is 50.5 Å². The van der Waals surface area contributed by atoms with E-state index in [9.17, 15) is 0 Å². The van der Waals surface area contributed by atoms with Crippen molar-refractivity contribution in [3.63, 3.8) is 0 Å². The SMILES string of the molecule is CCCC(c1nnc(-c2nc(-c3ccc(Cl)cc3Cl)n(-c3ccc(Br)cc3)c2CC)s1)C(C)(C)C. The first-order valence-electron chi connectivity index (χ1n) is 11.8. The van der Waals surface area contributed by atoms with Crippen LogP contribution in [0.1, 0.15) is 64.1 Å². The molecule has 2 heterocycles. The maximum Gasteiger partial charge on any atom is 0.168 e. The van der Waals surface area contributed by atoms with Gasteiger partial charge in [0.1, 0.15) is 16.5 Å². The molecule has 0 spiro atoms. The molecule has 4 nitrogen and oxygen atoms in total. The Bertz CT molecular complexity index is 1320. The van der Waals surface area contributed by atoms with E-state index in [1.807, 2.05) is 24.3 Å². The van der Waals surface area contributed by atoms with E-state index >= 15 is 0 Å². The molecule has 0 aliphatic heterocycles. The van der Waals surface area contributed by atoms with Gasteiger partial charge in [0, 0.05) is 26.7 Å². The second-order valence-corrected chi connectivity index (χ2v) is 12.4. The minimum Gasteiger partial charge on any atom is -0.296 e. The smallest absolute Gasteiger partial charge is 0.168 e. The topological polar surface area (TPSA) is 43.6 Å². The molecule has 0 aliphatic rings. The summed E-state index contributed by atoms with van der Waals surface area (Å²) >= 11 is 18.1. The van der Waals surface area contributed by atoms with Crippen molar-refractivity contribution in [1.82, 2.24) is 19.7 Å². The predicted molar refractivity (Wildman–Crippen MR) is 152 cm³/mol. The van der Waals surface area contributed by atoms with Gasteiger partial charge in [-0.2, -0.15) is 0 Å². The van der Waals surface area contributed by atoms with E-state index in [1.54, 1.807) is 17.4 Å². The highest BCUT2D eigenvalue weighted by Crippen LogP contribution is 2.43. The molecule has 0 amide bonds. The average Bonchev–Trinajstić information content (AvgIpc) is 3.42. The molecule has 0 fully saturated rings. The van der Waals surface area contributed by atoms with Gasteiger partial charge in [-0.25, -0.2) is 4.98 Å². The summed E-state index contributed by atoms with van der Waals surface area (Å²) in [5, 5.41) is 12.3. The molecule has 4 rings (SSSR count). The molecule has 0 saturated heterocycles.